The van der Waals surface area contributed by atoms with Gasteiger partial charge in [0.05, 0.1) is 30.2 Å². The van der Waals surface area contributed by atoms with Gasteiger partial charge in [-0.1, -0.05) is 13.0 Å². The number of ether oxygens (including phenoxy) is 1. The van der Waals surface area contributed by atoms with Crippen LogP contribution in [0.2, 0.25) is 0 Å². The van der Waals surface area contributed by atoms with Crippen LogP contribution in [-0.2, 0) is 27.7 Å². The summed E-state index contributed by atoms with van der Waals surface area (Å²) in [4.78, 5) is 4.27. The van der Waals surface area contributed by atoms with E-state index in [1.807, 2.05) is 12.1 Å². The molecular formula is C16H24N2O3S. The lowest BCUT2D eigenvalue weighted by Gasteiger charge is -2.14. The number of hydrogen-bond acceptors (Lipinski definition) is 4. The number of pyridine rings is 1. The molecule has 0 radical (unpaired) electrons. The molecule has 1 saturated carbocycles. The minimum Gasteiger partial charge on any atom is -0.374 e. The van der Waals surface area contributed by atoms with E-state index in [1.54, 1.807) is 6.20 Å². The molecule has 1 aromatic rings. The van der Waals surface area contributed by atoms with Crippen LogP contribution in [0.5, 0.6) is 0 Å². The zero-order valence-electron chi connectivity index (χ0n) is 13.0. The summed E-state index contributed by atoms with van der Waals surface area (Å²) in [5, 5.41) is 0. The van der Waals surface area contributed by atoms with Gasteiger partial charge < -0.3 is 4.74 Å². The molecule has 0 bridgehead atoms. The second-order valence-corrected chi connectivity index (χ2v) is 8.18. The maximum absolute atomic E-state index is 12.2. The van der Waals surface area contributed by atoms with E-state index in [-0.39, 0.29) is 18.4 Å². The number of aromatic nitrogens is 1. The molecule has 122 valence electrons. The quantitative estimate of drug-likeness (QED) is 0.833. The fraction of sp³-hybridized carbons (Fsp3) is 0.688. The van der Waals surface area contributed by atoms with Gasteiger partial charge in [-0.05, 0) is 49.7 Å². The smallest absolute Gasteiger partial charge is 0.214 e. The van der Waals surface area contributed by atoms with E-state index in [9.17, 15) is 8.42 Å². The second kappa shape index (κ2) is 6.64. The summed E-state index contributed by atoms with van der Waals surface area (Å²) in [5.41, 5.74) is 1.89. The van der Waals surface area contributed by atoms with Crippen LogP contribution in [0.3, 0.4) is 0 Å². The van der Waals surface area contributed by atoms with Crippen molar-refractivity contribution in [1.29, 1.82) is 0 Å². The molecule has 1 saturated heterocycles. The monoisotopic (exact) mass is 324 g/mol. The van der Waals surface area contributed by atoms with Crippen LogP contribution in [0.25, 0.3) is 0 Å². The number of nitrogens with zero attached hydrogens (tertiary/aromatic N) is 1. The Labute approximate surface area is 132 Å². The molecule has 22 heavy (non-hydrogen) atoms. The van der Waals surface area contributed by atoms with Crippen molar-refractivity contribution >= 4 is 10.0 Å². The maximum atomic E-state index is 12.2. The predicted molar refractivity (Wildman–Crippen MR) is 84.9 cm³/mol. The van der Waals surface area contributed by atoms with Crippen LogP contribution >= 0.6 is 0 Å². The third kappa shape index (κ3) is 4.27. The van der Waals surface area contributed by atoms with Gasteiger partial charge in [-0.2, -0.15) is 0 Å². The summed E-state index contributed by atoms with van der Waals surface area (Å²) in [7, 11) is -3.32. The van der Waals surface area contributed by atoms with E-state index in [0.717, 1.165) is 30.5 Å². The molecule has 1 N–H and O–H groups in total. The Morgan fingerprint density at radius 2 is 2.09 bits per heavy atom. The van der Waals surface area contributed by atoms with Crippen molar-refractivity contribution < 1.29 is 13.2 Å². The summed E-state index contributed by atoms with van der Waals surface area (Å²) in [6.45, 7) is 2.31. The molecule has 1 aliphatic heterocycles. The molecule has 2 aliphatic rings. The van der Waals surface area contributed by atoms with E-state index in [1.165, 1.54) is 12.8 Å². The summed E-state index contributed by atoms with van der Waals surface area (Å²) in [6, 6.07) is 3.85. The van der Waals surface area contributed by atoms with Crippen LogP contribution in [-0.4, -0.2) is 31.4 Å². The highest BCUT2D eigenvalue weighted by Crippen LogP contribution is 2.40. The van der Waals surface area contributed by atoms with E-state index in [2.05, 4.69) is 16.6 Å². The van der Waals surface area contributed by atoms with Gasteiger partial charge in [-0.15, -0.1) is 0 Å². The highest BCUT2D eigenvalue weighted by molar-refractivity contribution is 7.89. The number of hydrogen-bond donors (Lipinski definition) is 1. The standard InChI is InChI=1S/C16H24N2O3S/c1-2-12-3-6-14(17-9-12)10-18-22(19,20)11-15-7-8-16(21-15)13-4-5-13/h3,6,9,13,15-16,18H,2,4-5,7-8,10-11H2,1H3. The van der Waals surface area contributed by atoms with Crippen LogP contribution in [0.15, 0.2) is 18.3 Å². The van der Waals surface area contributed by atoms with E-state index in [4.69, 9.17) is 4.74 Å². The van der Waals surface area contributed by atoms with E-state index in [0.29, 0.717) is 12.0 Å². The van der Waals surface area contributed by atoms with Gasteiger partial charge in [0, 0.05) is 6.20 Å². The average Bonchev–Trinajstić information content (AvgIpc) is 3.26. The molecule has 0 amide bonds. The first-order chi connectivity index (χ1) is 10.6. The fourth-order valence-corrected chi connectivity index (χ4v) is 4.15. The van der Waals surface area contributed by atoms with Crippen molar-refractivity contribution in [3.8, 4) is 0 Å². The Morgan fingerprint density at radius 3 is 2.73 bits per heavy atom. The first kappa shape index (κ1) is 15.9. The Hall–Kier alpha value is -0.980. The predicted octanol–water partition coefficient (Wildman–Crippen LogP) is 2.02. The third-order valence-electron chi connectivity index (χ3n) is 4.46. The van der Waals surface area contributed by atoms with Crippen LogP contribution in [0.4, 0.5) is 0 Å². The third-order valence-corrected chi connectivity index (χ3v) is 5.86. The minimum atomic E-state index is -3.32. The van der Waals surface area contributed by atoms with Gasteiger partial charge in [0.15, 0.2) is 0 Å². The molecule has 2 atom stereocenters. The highest BCUT2D eigenvalue weighted by Gasteiger charge is 2.38. The summed E-state index contributed by atoms with van der Waals surface area (Å²) < 4.78 is 32.8. The fourth-order valence-electron chi connectivity index (χ4n) is 2.93. The first-order valence-electron chi connectivity index (χ1n) is 8.12. The second-order valence-electron chi connectivity index (χ2n) is 6.33. The van der Waals surface area contributed by atoms with Crippen LogP contribution in [0, 0.1) is 5.92 Å². The van der Waals surface area contributed by atoms with Gasteiger partial charge in [0.1, 0.15) is 0 Å². The maximum Gasteiger partial charge on any atom is 0.214 e. The number of nitrogens with one attached hydrogen (secondary N) is 1. The lowest BCUT2D eigenvalue weighted by molar-refractivity contribution is 0.0444. The topological polar surface area (TPSA) is 68.3 Å². The largest absolute Gasteiger partial charge is 0.374 e. The zero-order chi connectivity index (χ0) is 15.6. The average molecular weight is 324 g/mol. The van der Waals surface area contributed by atoms with Crippen molar-refractivity contribution in [3.05, 3.63) is 29.6 Å². The van der Waals surface area contributed by atoms with E-state index < -0.39 is 10.0 Å². The number of sulfonamides is 1. The first-order valence-corrected chi connectivity index (χ1v) is 9.77. The number of aryl methyl sites for hydroxylation is 1. The van der Waals surface area contributed by atoms with Crippen molar-refractivity contribution in [2.24, 2.45) is 5.92 Å². The molecule has 1 aliphatic carbocycles. The zero-order valence-corrected chi connectivity index (χ0v) is 13.8. The molecule has 0 spiro atoms. The van der Waals surface area contributed by atoms with Crippen LogP contribution < -0.4 is 4.72 Å². The molecule has 2 unspecified atom stereocenters. The molecule has 2 heterocycles. The summed E-state index contributed by atoms with van der Waals surface area (Å²) in [6.07, 6.45) is 7.20. The molecule has 0 aromatic carbocycles. The Morgan fingerprint density at radius 1 is 1.27 bits per heavy atom. The SMILES string of the molecule is CCc1ccc(CNS(=O)(=O)CC2CCC(C3CC3)O2)nc1. The van der Waals surface area contributed by atoms with Gasteiger partial charge in [-0.3, -0.25) is 4.98 Å². The Balaban J connectivity index is 1.48. The molecule has 6 heteroatoms. The van der Waals surface area contributed by atoms with Gasteiger partial charge >= 0.3 is 0 Å². The molecule has 3 rings (SSSR count). The van der Waals surface area contributed by atoms with Gasteiger partial charge in [-0.25, -0.2) is 13.1 Å². The summed E-state index contributed by atoms with van der Waals surface area (Å²) >= 11 is 0. The van der Waals surface area contributed by atoms with Crippen molar-refractivity contribution in [1.82, 2.24) is 9.71 Å². The molecular weight excluding hydrogens is 300 g/mol. The van der Waals surface area contributed by atoms with Gasteiger partial charge in [0.25, 0.3) is 0 Å². The van der Waals surface area contributed by atoms with Crippen LogP contribution in [0.1, 0.15) is 43.9 Å². The normalized spacial score (nSPS) is 25.5. The lowest BCUT2D eigenvalue weighted by Crippen LogP contribution is -2.32. The highest BCUT2D eigenvalue weighted by atomic mass is 32.2. The van der Waals surface area contributed by atoms with Crippen molar-refractivity contribution in [2.45, 2.75) is 57.8 Å². The van der Waals surface area contributed by atoms with Gasteiger partial charge in [0.2, 0.25) is 10.0 Å². The van der Waals surface area contributed by atoms with Crippen molar-refractivity contribution in [3.63, 3.8) is 0 Å². The molecule has 2 fully saturated rings. The minimum absolute atomic E-state index is 0.0588. The Kier molecular flexibility index (Phi) is 4.80. The van der Waals surface area contributed by atoms with Crippen molar-refractivity contribution in [2.75, 3.05) is 5.75 Å². The number of rotatable bonds is 7. The van der Waals surface area contributed by atoms with E-state index >= 15 is 0 Å². The summed E-state index contributed by atoms with van der Waals surface area (Å²) in [5.74, 6) is 0.741. The Bertz CT molecular complexity index is 596. The molecule has 5 nitrogen and oxygen atoms in total. The molecule has 1 aromatic heterocycles. The lowest BCUT2D eigenvalue weighted by atomic mass is 10.1.